The summed E-state index contributed by atoms with van der Waals surface area (Å²) in [5.41, 5.74) is 1.19. The van der Waals surface area contributed by atoms with Crippen molar-refractivity contribution < 1.29 is 4.39 Å². The maximum absolute atomic E-state index is 13.2. The van der Waals surface area contributed by atoms with Gasteiger partial charge in [0.2, 0.25) is 0 Å². The van der Waals surface area contributed by atoms with E-state index in [0.717, 1.165) is 24.0 Å². The van der Waals surface area contributed by atoms with Crippen molar-refractivity contribution in [1.82, 2.24) is 0 Å². The third-order valence-electron chi connectivity index (χ3n) is 2.85. The van der Waals surface area contributed by atoms with Gasteiger partial charge in [-0.15, -0.1) is 0 Å². The highest BCUT2D eigenvalue weighted by atomic mass is 79.9. The molecule has 0 aliphatic carbocycles. The molecule has 0 spiro atoms. The first kappa shape index (κ1) is 10.9. The summed E-state index contributed by atoms with van der Waals surface area (Å²) in [6.07, 6.45) is 1.70. The average molecular weight is 272 g/mol. The first-order valence-electron chi connectivity index (χ1n) is 5.41. The number of rotatable bonds is 1. The first-order chi connectivity index (χ1) is 7.27. The lowest BCUT2D eigenvalue weighted by molar-refractivity contribution is 0.307. The number of nitrogens with zero attached hydrogens (tertiary/aromatic N) is 1. The van der Waals surface area contributed by atoms with E-state index in [-0.39, 0.29) is 0 Å². The maximum atomic E-state index is 13.2. The van der Waals surface area contributed by atoms with Gasteiger partial charge in [-0.05, 0) is 47.3 Å². The van der Waals surface area contributed by atoms with Gasteiger partial charge in [0, 0.05) is 17.6 Å². The molecule has 1 aliphatic rings. The summed E-state index contributed by atoms with van der Waals surface area (Å²) < 4.78 is 14.3. The number of hydrogen-bond acceptors (Lipinski definition) is 1. The van der Waals surface area contributed by atoms with Crippen molar-refractivity contribution in [3.63, 3.8) is 0 Å². The topological polar surface area (TPSA) is 3.24 Å². The van der Waals surface area contributed by atoms with Crippen molar-refractivity contribution in [2.75, 3.05) is 18.0 Å². The fourth-order valence-electron chi connectivity index (χ4n) is 2.00. The average Bonchev–Trinajstić information content (AvgIpc) is 2.44. The Morgan fingerprint density at radius 3 is 2.80 bits per heavy atom. The molecule has 1 fully saturated rings. The summed E-state index contributed by atoms with van der Waals surface area (Å²) in [4.78, 5) is 2.27. The standard InChI is InChI=1S/C12H15BrFN/c13-11-5-1-2-6-12(11)15-8-3-4-10(14)7-9-15/h1-2,5-6,10H,3-4,7-9H2. The molecule has 2 rings (SSSR count). The van der Waals surface area contributed by atoms with Crippen LogP contribution in [0.3, 0.4) is 0 Å². The number of alkyl halides is 1. The van der Waals surface area contributed by atoms with Crippen molar-refractivity contribution in [2.45, 2.75) is 25.4 Å². The minimum absolute atomic E-state index is 0.613. The molecule has 0 saturated carbocycles. The molecule has 1 unspecified atom stereocenters. The molecule has 1 aromatic rings. The first-order valence-corrected chi connectivity index (χ1v) is 6.20. The van der Waals surface area contributed by atoms with Gasteiger partial charge in [0.15, 0.2) is 0 Å². The molecule has 0 radical (unpaired) electrons. The Morgan fingerprint density at radius 1 is 1.20 bits per heavy atom. The molecule has 1 aliphatic heterocycles. The maximum Gasteiger partial charge on any atom is 0.102 e. The van der Waals surface area contributed by atoms with E-state index in [0.29, 0.717) is 12.8 Å². The highest BCUT2D eigenvalue weighted by molar-refractivity contribution is 9.10. The summed E-state index contributed by atoms with van der Waals surface area (Å²) in [6.45, 7) is 1.78. The number of hydrogen-bond donors (Lipinski definition) is 0. The van der Waals surface area contributed by atoms with E-state index >= 15 is 0 Å². The van der Waals surface area contributed by atoms with Crippen LogP contribution in [0.2, 0.25) is 0 Å². The smallest absolute Gasteiger partial charge is 0.102 e. The summed E-state index contributed by atoms with van der Waals surface area (Å²) in [6, 6.07) is 8.15. The molecule has 1 heterocycles. The monoisotopic (exact) mass is 271 g/mol. The van der Waals surface area contributed by atoms with Crippen molar-refractivity contribution in [1.29, 1.82) is 0 Å². The van der Waals surface area contributed by atoms with Crippen LogP contribution in [0.1, 0.15) is 19.3 Å². The fourth-order valence-corrected chi connectivity index (χ4v) is 2.54. The van der Waals surface area contributed by atoms with Crippen LogP contribution in [0.5, 0.6) is 0 Å². The highest BCUT2D eigenvalue weighted by Crippen LogP contribution is 2.28. The molecule has 0 amide bonds. The Morgan fingerprint density at radius 2 is 2.00 bits per heavy atom. The number of benzene rings is 1. The van der Waals surface area contributed by atoms with Crippen LogP contribution in [0.15, 0.2) is 28.7 Å². The van der Waals surface area contributed by atoms with Gasteiger partial charge in [-0.3, -0.25) is 0 Å². The van der Waals surface area contributed by atoms with E-state index in [2.05, 4.69) is 26.9 Å². The fraction of sp³-hybridized carbons (Fsp3) is 0.500. The molecule has 0 bridgehead atoms. The Balaban J connectivity index is 2.13. The van der Waals surface area contributed by atoms with Crippen LogP contribution in [-0.4, -0.2) is 19.3 Å². The summed E-state index contributed by atoms with van der Waals surface area (Å²) in [7, 11) is 0. The minimum atomic E-state index is -0.613. The van der Waals surface area contributed by atoms with Crippen molar-refractivity contribution in [2.24, 2.45) is 0 Å². The second kappa shape index (κ2) is 4.97. The molecule has 0 N–H and O–H groups in total. The van der Waals surface area contributed by atoms with E-state index in [9.17, 15) is 4.39 Å². The number of halogens is 2. The molecule has 1 nitrogen and oxygen atoms in total. The van der Waals surface area contributed by atoms with Crippen LogP contribution in [0.25, 0.3) is 0 Å². The second-order valence-corrected chi connectivity index (χ2v) is 4.82. The van der Waals surface area contributed by atoms with Gasteiger partial charge in [-0.2, -0.15) is 0 Å². The Labute approximate surface area is 98.4 Å². The molecule has 3 heteroatoms. The van der Waals surface area contributed by atoms with Crippen molar-refractivity contribution in [3.8, 4) is 0 Å². The largest absolute Gasteiger partial charge is 0.371 e. The second-order valence-electron chi connectivity index (χ2n) is 3.97. The van der Waals surface area contributed by atoms with E-state index < -0.39 is 6.17 Å². The molecular formula is C12H15BrFN. The lowest BCUT2D eigenvalue weighted by Gasteiger charge is -2.23. The van der Waals surface area contributed by atoms with Gasteiger partial charge >= 0.3 is 0 Å². The molecule has 0 aromatic heterocycles. The third-order valence-corrected chi connectivity index (χ3v) is 3.52. The zero-order valence-corrected chi connectivity index (χ0v) is 10.2. The van der Waals surface area contributed by atoms with Crippen molar-refractivity contribution in [3.05, 3.63) is 28.7 Å². The van der Waals surface area contributed by atoms with E-state index in [1.807, 2.05) is 18.2 Å². The van der Waals surface area contributed by atoms with E-state index in [1.165, 1.54) is 5.69 Å². The van der Waals surface area contributed by atoms with Crippen LogP contribution in [0, 0.1) is 0 Å². The molecule has 82 valence electrons. The Bertz CT molecular complexity index is 329. The van der Waals surface area contributed by atoms with Gasteiger partial charge < -0.3 is 4.90 Å². The van der Waals surface area contributed by atoms with Crippen LogP contribution < -0.4 is 4.90 Å². The highest BCUT2D eigenvalue weighted by Gasteiger charge is 2.17. The predicted octanol–water partition coefficient (Wildman–Crippen LogP) is 3.78. The summed E-state index contributed by atoms with van der Waals surface area (Å²) in [5, 5.41) is 0. The zero-order valence-electron chi connectivity index (χ0n) is 8.63. The molecule has 15 heavy (non-hydrogen) atoms. The lowest BCUT2D eigenvalue weighted by atomic mass is 10.2. The molecule has 1 aromatic carbocycles. The predicted molar refractivity (Wildman–Crippen MR) is 65.1 cm³/mol. The van der Waals surface area contributed by atoms with E-state index in [4.69, 9.17) is 0 Å². The van der Waals surface area contributed by atoms with Gasteiger partial charge in [0.1, 0.15) is 6.17 Å². The zero-order chi connectivity index (χ0) is 10.7. The molecule has 1 saturated heterocycles. The molecular weight excluding hydrogens is 257 g/mol. The Kier molecular flexibility index (Phi) is 3.62. The molecule has 1 atom stereocenters. The summed E-state index contributed by atoms with van der Waals surface area (Å²) >= 11 is 3.54. The van der Waals surface area contributed by atoms with Gasteiger partial charge in [-0.1, -0.05) is 12.1 Å². The Hall–Kier alpha value is -0.570. The normalized spacial score (nSPS) is 22.5. The van der Waals surface area contributed by atoms with Gasteiger partial charge in [-0.25, -0.2) is 4.39 Å². The van der Waals surface area contributed by atoms with Crippen molar-refractivity contribution >= 4 is 21.6 Å². The van der Waals surface area contributed by atoms with E-state index in [1.54, 1.807) is 0 Å². The van der Waals surface area contributed by atoms with Crippen LogP contribution in [-0.2, 0) is 0 Å². The minimum Gasteiger partial charge on any atom is -0.371 e. The SMILES string of the molecule is FC1CCCN(c2ccccc2Br)CC1. The lowest BCUT2D eigenvalue weighted by Crippen LogP contribution is -2.24. The van der Waals surface area contributed by atoms with Crippen LogP contribution in [0.4, 0.5) is 10.1 Å². The summed E-state index contributed by atoms with van der Waals surface area (Å²) in [5.74, 6) is 0. The van der Waals surface area contributed by atoms with Gasteiger partial charge in [0.25, 0.3) is 0 Å². The quantitative estimate of drug-likeness (QED) is 0.752. The number of anilines is 1. The van der Waals surface area contributed by atoms with Crippen LogP contribution >= 0.6 is 15.9 Å². The number of para-hydroxylation sites is 1. The van der Waals surface area contributed by atoms with Gasteiger partial charge in [0.05, 0.1) is 5.69 Å². The third kappa shape index (κ3) is 2.71.